The first kappa shape index (κ1) is 72.1. The lowest BCUT2D eigenvalue weighted by Crippen LogP contribution is -2.68. The van der Waals surface area contributed by atoms with Crippen molar-refractivity contribution in [2.45, 2.75) is 96.8 Å². The van der Waals surface area contributed by atoms with Crippen molar-refractivity contribution in [3.8, 4) is 48.8 Å². The normalized spacial score (nSPS) is 17.2. The number of halogens is 34. The molecule has 0 radical (unpaired) electrons. The van der Waals surface area contributed by atoms with Gasteiger partial charge in [0, 0.05) is 48.8 Å². The summed E-state index contributed by atoms with van der Waals surface area (Å²) in [7, 11) is 0. The molecule has 0 fully saturated rings. The molecule has 0 N–H and O–H groups in total. The van der Waals surface area contributed by atoms with Crippen LogP contribution in [0.5, 0.6) is 0 Å². The lowest BCUT2D eigenvalue weighted by atomic mass is 10.1. The van der Waals surface area contributed by atoms with Gasteiger partial charge in [0.2, 0.25) is 11.6 Å². The molecular formula is C42H12F34O6S6. The molecule has 0 saturated carbocycles. The molecule has 4 atom stereocenters. The molecule has 6 heterocycles. The maximum atomic E-state index is 15.4. The van der Waals surface area contributed by atoms with Crippen LogP contribution < -0.4 is 0 Å². The minimum atomic E-state index is -8.23. The minimum Gasteiger partial charge on any atom is -0.286 e. The lowest BCUT2D eigenvalue weighted by molar-refractivity contribution is -0.547. The predicted octanol–water partition coefficient (Wildman–Crippen LogP) is 20.5. The molecule has 6 rings (SSSR count). The van der Waals surface area contributed by atoms with E-state index in [0.29, 0.717) is 54.3 Å². The SMILES string of the molecule is O=C(c1ccc(-c2ccc(-c3ccc(-c4ccc(-c5ccc(-c6ccc(C(=O)C(F)(OC(F)(F)C(F)(OC(F)(F)C(F)(F)C(F)(F)F)C(F)(F)F)C(F)(F)F)s6)s5)s4)s3)s2)s1)C(F)(OC(F)(F)C(F)(OC(F)(F)C(F)(F)C(F)(F)F)C(F)(F)F)C(F)(F)F. The standard InChI is InChI=1S/C42H12F34O6S6/c43-27(33(51,52)53,79-41(73,74)31(49,37(63,64)65)81-39(69,70)29(45,46)35(57,58)59)25(77)23-11-9-21(87-23)19-7-5-17(85-19)15-3-1-13(83-15)14-2-4-16(84-14)18-6-8-20(86-18)22-10-12-24(88-22)26(78)28(44,34(54,55)56)80-42(75,76)32(50,38(66,67)68)82-40(71,72)30(47,48)36(60,61)62/h1-12H. The van der Waals surface area contributed by atoms with Gasteiger partial charge in [0.1, 0.15) is 0 Å². The molecule has 490 valence electrons. The van der Waals surface area contributed by atoms with Crippen LogP contribution in [0.15, 0.2) is 72.8 Å². The van der Waals surface area contributed by atoms with Gasteiger partial charge in [-0.1, -0.05) is 0 Å². The van der Waals surface area contributed by atoms with Gasteiger partial charge in [0.15, 0.2) is 0 Å². The third kappa shape index (κ3) is 12.6. The number of carbonyl (C=O) groups is 2. The molecular weight excluding hydrogens is 1440 g/mol. The maximum absolute atomic E-state index is 15.4. The van der Waals surface area contributed by atoms with Crippen LogP contribution >= 0.6 is 68.0 Å². The number of ether oxygens (including phenoxy) is 4. The second-order valence-corrected chi connectivity index (χ2v) is 23.1. The summed E-state index contributed by atoms with van der Waals surface area (Å²) in [5.74, 6) is -53.5. The molecule has 0 aliphatic heterocycles. The number of ketones is 2. The van der Waals surface area contributed by atoms with Gasteiger partial charge in [0.05, 0.1) is 9.75 Å². The third-order valence-corrected chi connectivity index (χ3v) is 18.1. The summed E-state index contributed by atoms with van der Waals surface area (Å²) >= 11 is 2.75. The summed E-state index contributed by atoms with van der Waals surface area (Å²) in [6.45, 7) is 0. The average molecular weight is 1450 g/mol. The Morgan fingerprint density at radius 2 is 0.432 bits per heavy atom. The largest absolute Gasteiger partial charge is 0.462 e. The molecule has 0 aliphatic rings. The molecule has 6 aromatic heterocycles. The Morgan fingerprint density at radius 1 is 0.239 bits per heavy atom. The zero-order valence-corrected chi connectivity index (χ0v) is 44.6. The Labute approximate surface area is 484 Å². The van der Waals surface area contributed by atoms with Crippen molar-refractivity contribution in [3.05, 3.63) is 82.6 Å². The number of alkyl halides is 34. The molecule has 0 bridgehead atoms. The molecule has 0 spiro atoms. The summed E-state index contributed by atoms with van der Waals surface area (Å²) in [5, 5.41) is 0. The number of rotatable bonds is 21. The van der Waals surface area contributed by atoms with Gasteiger partial charge in [0.25, 0.3) is 0 Å². The summed E-state index contributed by atoms with van der Waals surface area (Å²) < 4.78 is 473. The first-order valence-corrected chi connectivity index (χ1v) is 26.0. The van der Waals surface area contributed by atoms with Crippen molar-refractivity contribution in [1.82, 2.24) is 0 Å². The monoisotopic (exact) mass is 1450 g/mol. The lowest BCUT2D eigenvalue weighted by Gasteiger charge is -2.40. The van der Waals surface area contributed by atoms with Crippen LogP contribution in [0.2, 0.25) is 0 Å². The van der Waals surface area contributed by atoms with Gasteiger partial charge in [-0.3, -0.25) is 28.5 Å². The van der Waals surface area contributed by atoms with E-state index < -0.39 is 128 Å². The molecule has 0 amide bonds. The van der Waals surface area contributed by atoms with Crippen LogP contribution in [0, 0.1) is 0 Å². The first-order chi connectivity index (χ1) is 39.2. The fourth-order valence-electron chi connectivity index (χ4n) is 6.24. The number of hydrogen-bond donors (Lipinski definition) is 0. The summed E-state index contributed by atoms with van der Waals surface area (Å²) in [6, 6.07) is 12.3. The Kier molecular flexibility index (Phi) is 18.3. The predicted molar refractivity (Wildman–Crippen MR) is 235 cm³/mol. The third-order valence-electron chi connectivity index (χ3n) is 10.6. The van der Waals surface area contributed by atoms with E-state index in [-0.39, 0.29) is 54.3 Å². The average Bonchev–Trinajstić information content (AvgIpc) is 0.962. The van der Waals surface area contributed by atoms with Gasteiger partial charge in [-0.15, -0.1) is 68.0 Å². The number of Topliss-reactive ketones (excluding diaryl/α,β-unsaturated/α-hetero) is 2. The number of hydrogen-bond acceptors (Lipinski definition) is 12. The van der Waals surface area contributed by atoms with Crippen LogP contribution in [0.25, 0.3) is 48.8 Å². The van der Waals surface area contributed by atoms with Gasteiger partial charge in [-0.25, -0.2) is 0 Å². The van der Waals surface area contributed by atoms with E-state index in [2.05, 4.69) is 9.47 Å². The Morgan fingerprint density at radius 3 is 0.614 bits per heavy atom. The van der Waals surface area contributed by atoms with Crippen LogP contribution in [-0.4, -0.2) is 108 Å². The van der Waals surface area contributed by atoms with E-state index >= 15 is 8.78 Å². The van der Waals surface area contributed by atoms with Crippen LogP contribution in [0.4, 0.5) is 149 Å². The minimum absolute atomic E-state index is 0.0992. The molecule has 0 saturated heterocycles. The van der Waals surface area contributed by atoms with E-state index in [1.807, 2.05) is 0 Å². The fourth-order valence-corrected chi connectivity index (χ4v) is 12.7. The van der Waals surface area contributed by atoms with Crippen LogP contribution in [0.1, 0.15) is 19.3 Å². The van der Waals surface area contributed by atoms with Crippen LogP contribution in [-0.2, 0) is 18.9 Å². The molecule has 88 heavy (non-hydrogen) atoms. The maximum Gasteiger partial charge on any atom is 0.462 e. The van der Waals surface area contributed by atoms with E-state index in [0.717, 1.165) is 34.8 Å². The highest BCUT2D eigenvalue weighted by atomic mass is 32.1. The van der Waals surface area contributed by atoms with Gasteiger partial charge >= 0.3 is 96.8 Å². The van der Waals surface area contributed by atoms with Crippen molar-refractivity contribution in [2.75, 3.05) is 0 Å². The Hall–Kier alpha value is -5.00. The number of thiophene rings is 6. The zero-order chi connectivity index (χ0) is 67.6. The smallest absolute Gasteiger partial charge is 0.286 e. The van der Waals surface area contributed by atoms with Gasteiger partial charge < -0.3 is 0 Å². The molecule has 6 nitrogen and oxygen atoms in total. The zero-order valence-electron chi connectivity index (χ0n) is 39.7. The summed E-state index contributed by atoms with van der Waals surface area (Å²) in [6.07, 6.45) is -78.8. The molecule has 46 heteroatoms. The quantitative estimate of drug-likeness (QED) is 0.0528. The van der Waals surface area contributed by atoms with Crippen molar-refractivity contribution >= 4 is 79.6 Å². The van der Waals surface area contributed by atoms with Crippen LogP contribution in [0.3, 0.4) is 0 Å². The van der Waals surface area contributed by atoms with Crippen molar-refractivity contribution < 1.29 is 178 Å². The van der Waals surface area contributed by atoms with E-state index in [1.54, 1.807) is 0 Å². The molecule has 4 unspecified atom stereocenters. The topological polar surface area (TPSA) is 71.1 Å². The first-order valence-electron chi connectivity index (χ1n) is 21.1. The van der Waals surface area contributed by atoms with Crippen molar-refractivity contribution in [2.24, 2.45) is 0 Å². The second kappa shape index (κ2) is 22.4. The second-order valence-electron chi connectivity index (χ2n) is 16.6. The highest BCUT2D eigenvalue weighted by molar-refractivity contribution is 7.30. The van der Waals surface area contributed by atoms with Crippen molar-refractivity contribution in [1.29, 1.82) is 0 Å². The molecule has 0 aliphatic carbocycles. The Bertz CT molecular complexity index is 3290. The molecule has 0 aromatic carbocycles. The summed E-state index contributed by atoms with van der Waals surface area (Å²) in [4.78, 5) is 23.0. The fraction of sp³-hybridized carbons (Fsp3) is 0.381. The number of carbonyl (C=O) groups excluding carboxylic acids is 2. The molecule has 6 aromatic rings. The van der Waals surface area contributed by atoms with Crippen molar-refractivity contribution in [3.63, 3.8) is 0 Å². The van der Waals surface area contributed by atoms with E-state index in [1.165, 1.54) is 45.9 Å². The highest BCUT2D eigenvalue weighted by Gasteiger charge is 2.87. The van der Waals surface area contributed by atoms with Gasteiger partial charge in [-0.2, -0.15) is 149 Å². The van der Waals surface area contributed by atoms with E-state index in [4.69, 9.17) is 0 Å². The van der Waals surface area contributed by atoms with Gasteiger partial charge in [-0.05, 0) is 72.8 Å². The van der Waals surface area contributed by atoms with E-state index in [9.17, 15) is 150 Å². The summed E-state index contributed by atoms with van der Waals surface area (Å²) in [5.41, 5.74) is 0. The highest BCUT2D eigenvalue weighted by Crippen LogP contribution is 2.60. The Balaban J connectivity index is 1.19.